The molecule has 1 N–H and O–H groups in total. The first-order valence-electron chi connectivity index (χ1n) is 9.10. The number of rotatable bonds is 2. The standard InChI is InChI=1S/C21H19N5O/c27-21(17-6-3-7-19-18(17)13-23-24-19)26-10-8-25(9-11-26)20-14-22-12-15-4-1-2-5-16(15)20/h1-7,12-14H,8-11H2,(H,23,24). The molecule has 27 heavy (non-hydrogen) atoms. The summed E-state index contributed by atoms with van der Waals surface area (Å²) in [6.07, 6.45) is 5.54. The zero-order valence-corrected chi connectivity index (χ0v) is 14.8. The highest BCUT2D eigenvalue weighted by molar-refractivity contribution is 6.06. The van der Waals surface area contributed by atoms with E-state index in [1.54, 1.807) is 6.20 Å². The molecule has 6 nitrogen and oxygen atoms in total. The number of nitrogens with one attached hydrogen (secondary N) is 1. The number of benzene rings is 2. The maximum atomic E-state index is 13.0. The van der Waals surface area contributed by atoms with Crippen LogP contribution < -0.4 is 4.90 Å². The predicted octanol–water partition coefficient (Wildman–Crippen LogP) is 3.07. The number of nitrogens with zero attached hydrogens (tertiary/aromatic N) is 4. The minimum Gasteiger partial charge on any atom is -0.366 e. The number of anilines is 1. The van der Waals surface area contributed by atoms with E-state index in [0.29, 0.717) is 18.7 Å². The van der Waals surface area contributed by atoms with Crippen molar-refractivity contribution in [3.63, 3.8) is 0 Å². The summed E-state index contributed by atoms with van der Waals surface area (Å²) >= 11 is 0. The Hall–Kier alpha value is -3.41. The molecule has 1 fully saturated rings. The minimum absolute atomic E-state index is 0.0673. The van der Waals surface area contributed by atoms with E-state index in [1.165, 1.54) is 5.39 Å². The molecule has 1 amide bonds. The van der Waals surface area contributed by atoms with Gasteiger partial charge in [-0.25, -0.2) is 0 Å². The first-order valence-corrected chi connectivity index (χ1v) is 9.10. The van der Waals surface area contributed by atoms with Crippen LogP contribution in [-0.4, -0.2) is 52.2 Å². The van der Waals surface area contributed by atoms with Crippen molar-refractivity contribution in [2.45, 2.75) is 0 Å². The maximum Gasteiger partial charge on any atom is 0.254 e. The predicted molar refractivity (Wildman–Crippen MR) is 106 cm³/mol. The second-order valence-electron chi connectivity index (χ2n) is 6.80. The van der Waals surface area contributed by atoms with E-state index in [-0.39, 0.29) is 5.91 Å². The Morgan fingerprint density at radius 1 is 0.889 bits per heavy atom. The number of fused-ring (bicyclic) bond motifs is 2. The van der Waals surface area contributed by atoms with Crippen LogP contribution in [-0.2, 0) is 0 Å². The number of carbonyl (C=O) groups is 1. The number of piperazine rings is 1. The summed E-state index contributed by atoms with van der Waals surface area (Å²) in [5.74, 6) is 0.0673. The summed E-state index contributed by atoms with van der Waals surface area (Å²) < 4.78 is 0. The number of H-pyrrole nitrogens is 1. The van der Waals surface area contributed by atoms with E-state index in [1.807, 2.05) is 41.6 Å². The Morgan fingerprint density at radius 3 is 2.63 bits per heavy atom. The van der Waals surface area contributed by atoms with Gasteiger partial charge in [0.2, 0.25) is 0 Å². The lowest BCUT2D eigenvalue weighted by Gasteiger charge is -2.36. The van der Waals surface area contributed by atoms with Crippen LogP contribution in [0.25, 0.3) is 21.7 Å². The van der Waals surface area contributed by atoms with Crippen molar-refractivity contribution in [2.24, 2.45) is 0 Å². The lowest BCUT2D eigenvalue weighted by Crippen LogP contribution is -2.48. The summed E-state index contributed by atoms with van der Waals surface area (Å²) in [5, 5.41) is 10.2. The number of amides is 1. The molecule has 3 heterocycles. The van der Waals surface area contributed by atoms with Gasteiger partial charge in [0, 0.05) is 48.5 Å². The summed E-state index contributed by atoms with van der Waals surface area (Å²) in [7, 11) is 0. The third kappa shape index (κ3) is 2.70. The van der Waals surface area contributed by atoms with Gasteiger partial charge in [0.1, 0.15) is 0 Å². The molecule has 0 aliphatic carbocycles. The quantitative estimate of drug-likeness (QED) is 0.599. The van der Waals surface area contributed by atoms with E-state index < -0.39 is 0 Å². The molecule has 1 saturated heterocycles. The van der Waals surface area contributed by atoms with E-state index in [4.69, 9.17) is 0 Å². The zero-order valence-electron chi connectivity index (χ0n) is 14.8. The molecule has 1 aliphatic heterocycles. The largest absolute Gasteiger partial charge is 0.366 e. The first-order chi connectivity index (χ1) is 13.3. The van der Waals surface area contributed by atoms with Gasteiger partial charge < -0.3 is 9.80 Å². The van der Waals surface area contributed by atoms with E-state index in [0.717, 1.165) is 35.1 Å². The lowest BCUT2D eigenvalue weighted by molar-refractivity contribution is 0.0749. The van der Waals surface area contributed by atoms with Crippen LogP contribution in [0.1, 0.15) is 10.4 Å². The molecule has 5 rings (SSSR count). The molecule has 134 valence electrons. The van der Waals surface area contributed by atoms with Crippen LogP contribution in [0.15, 0.2) is 61.1 Å². The van der Waals surface area contributed by atoms with Gasteiger partial charge in [-0.1, -0.05) is 30.3 Å². The Bertz CT molecular complexity index is 1120. The lowest BCUT2D eigenvalue weighted by atomic mass is 10.1. The monoisotopic (exact) mass is 357 g/mol. The van der Waals surface area contributed by atoms with Crippen molar-refractivity contribution in [1.29, 1.82) is 0 Å². The van der Waals surface area contributed by atoms with Crippen molar-refractivity contribution in [3.05, 3.63) is 66.6 Å². The molecule has 4 aromatic rings. The summed E-state index contributed by atoms with van der Waals surface area (Å²) in [4.78, 5) is 21.7. The third-order valence-electron chi connectivity index (χ3n) is 5.27. The van der Waals surface area contributed by atoms with E-state index in [9.17, 15) is 4.79 Å². The molecule has 0 bridgehead atoms. The van der Waals surface area contributed by atoms with Gasteiger partial charge in [0.05, 0.1) is 29.2 Å². The van der Waals surface area contributed by atoms with Crippen LogP contribution in [0.2, 0.25) is 0 Å². The number of pyridine rings is 1. The van der Waals surface area contributed by atoms with Crippen molar-refractivity contribution >= 4 is 33.3 Å². The van der Waals surface area contributed by atoms with Crippen molar-refractivity contribution in [2.75, 3.05) is 31.1 Å². The SMILES string of the molecule is O=C(c1cccc2[nH]ncc12)N1CCN(c2cncc3ccccc23)CC1. The maximum absolute atomic E-state index is 13.0. The highest BCUT2D eigenvalue weighted by Crippen LogP contribution is 2.27. The van der Waals surface area contributed by atoms with Crippen LogP contribution in [0.3, 0.4) is 0 Å². The fourth-order valence-corrected chi connectivity index (χ4v) is 3.83. The molecule has 2 aromatic carbocycles. The van der Waals surface area contributed by atoms with Gasteiger partial charge in [0.25, 0.3) is 5.91 Å². The van der Waals surface area contributed by atoms with Crippen LogP contribution in [0.4, 0.5) is 5.69 Å². The second kappa shape index (κ2) is 6.39. The molecule has 0 radical (unpaired) electrons. The van der Waals surface area contributed by atoms with Gasteiger partial charge >= 0.3 is 0 Å². The Balaban J connectivity index is 1.37. The van der Waals surface area contributed by atoms with E-state index >= 15 is 0 Å². The smallest absolute Gasteiger partial charge is 0.254 e. The van der Waals surface area contributed by atoms with Gasteiger partial charge in [-0.05, 0) is 12.1 Å². The topological polar surface area (TPSA) is 65.1 Å². The minimum atomic E-state index is 0.0673. The number of hydrogen-bond donors (Lipinski definition) is 1. The number of hydrogen-bond acceptors (Lipinski definition) is 4. The molecule has 0 unspecified atom stereocenters. The van der Waals surface area contributed by atoms with Crippen molar-refractivity contribution < 1.29 is 4.79 Å². The number of aromatic nitrogens is 3. The second-order valence-corrected chi connectivity index (χ2v) is 6.80. The molecule has 6 heteroatoms. The molecule has 0 atom stereocenters. The number of carbonyl (C=O) groups excluding carboxylic acids is 1. The third-order valence-corrected chi connectivity index (χ3v) is 5.27. The molecular formula is C21H19N5O. The molecule has 0 saturated carbocycles. The fourth-order valence-electron chi connectivity index (χ4n) is 3.83. The number of aromatic amines is 1. The van der Waals surface area contributed by atoms with Gasteiger partial charge in [-0.2, -0.15) is 5.10 Å². The Morgan fingerprint density at radius 2 is 1.74 bits per heavy atom. The molecular weight excluding hydrogens is 338 g/mol. The van der Waals surface area contributed by atoms with Gasteiger partial charge in [0.15, 0.2) is 0 Å². The highest BCUT2D eigenvalue weighted by atomic mass is 16.2. The average Bonchev–Trinajstić information content (AvgIpc) is 3.22. The van der Waals surface area contributed by atoms with Crippen molar-refractivity contribution in [3.8, 4) is 0 Å². The van der Waals surface area contributed by atoms with E-state index in [2.05, 4.69) is 38.3 Å². The highest BCUT2D eigenvalue weighted by Gasteiger charge is 2.24. The summed E-state index contributed by atoms with van der Waals surface area (Å²) in [5.41, 5.74) is 2.74. The van der Waals surface area contributed by atoms with Crippen LogP contribution >= 0.6 is 0 Å². The van der Waals surface area contributed by atoms with Crippen molar-refractivity contribution in [1.82, 2.24) is 20.1 Å². The molecule has 2 aromatic heterocycles. The normalized spacial score (nSPS) is 14.8. The van der Waals surface area contributed by atoms with Crippen LogP contribution in [0, 0.1) is 0 Å². The zero-order chi connectivity index (χ0) is 18.2. The average molecular weight is 357 g/mol. The van der Waals surface area contributed by atoms with Gasteiger partial charge in [-0.15, -0.1) is 0 Å². The summed E-state index contributed by atoms with van der Waals surface area (Å²) in [6, 6.07) is 14.0. The molecule has 0 spiro atoms. The van der Waals surface area contributed by atoms with Crippen LogP contribution in [0.5, 0.6) is 0 Å². The molecule has 1 aliphatic rings. The summed E-state index contributed by atoms with van der Waals surface area (Å²) in [6.45, 7) is 2.97. The Labute approximate surface area is 156 Å². The fraction of sp³-hybridized carbons (Fsp3) is 0.190. The first kappa shape index (κ1) is 15.8. The van der Waals surface area contributed by atoms with Gasteiger partial charge in [-0.3, -0.25) is 14.9 Å². The Kier molecular flexibility index (Phi) is 3.74.